The minimum absolute atomic E-state index is 0.103. The van der Waals surface area contributed by atoms with Crippen molar-refractivity contribution in [2.75, 3.05) is 57.3 Å². The lowest BCUT2D eigenvalue weighted by Crippen LogP contribution is -2.44. The first-order valence-corrected chi connectivity index (χ1v) is 14.3. The normalized spacial score (nSPS) is 22.8. The van der Waals surface area contributed by atoms with Crippen LogP contribution in [0.4, 0.5) is 20.5 Å². The number of aromatic nitrogens is 4. The summed E-state index contributed by atoms with van der Waals surface area (Å²) < 4.78 is 40.8. The average Bonchev–Trinajstić information content (AvgIpc) is 3.36. The second kappa shape index (κ2) is 12.7. The van der Waals surface area contributed by atoms with Crippen LogP contribution in [0.5, 0.6) is 0 Å². The van der Waals surface area contributed by atoms with Crippen LogP contribution in [0.15, 0.2) is 30.3 Å². The van der Waals surface area contributed by atoms with Crippen molar-refractivity contribution in [1.29, 1.82) is 0 Å². The summed E-state index contributed by atoms with van der Waals surface area (Å²) in [4.78, 5) is 18.4. The fourth-order valence-electron chi connectivity index (χ4n) is 5.97. The molecule has 1 aromatic carbocycles. The second-order valence-electron chi connectivity index (χ2n) is 11.1. The van der Waals surface area contributed by atoms with Crippen LogP contribution < -0.4 is 10.2 Å². The molecule has 5 rings (SSSR count). The van der Waals surface area contributed by atoms with Gasteiger partial charge >= 0.3 is 0 Å². The molecule has 2 fully saturated rings. The Hall–Kier alpha value is -2.89. The van der Waals surface area contributed by atoms with Crippen molar-refractivity contribution < 1.29 is 18.3 Å². The molecule has 1 N–H and O–H groups in total. The maximum absolute atomic E-state index is 14.2. The van der Waals surface area contributed by atoms with Crippen molar-refractivity contribution in [3.63, 3.8) is 0 Å². The highest BCUT2D eigenvalue weighted by Gasteiger charge is 2.28. The first-order valence-electron chi connectivity index (χ1n) is 14.3. The molecule has 1 unspecified atom stereocenters. The SMILES string of the molecule is COCC(C)N(C)[C@H]1CC[C@H](CNc2nc(N3CCOC[C@@H]3C)cc(-n3c(C(F)F)nc4ccccc43)n2)CC1. The van der Waals surface area contributed by atoms with E-state index in [1.54, 1.807) is 31.4 Å². The predicted molar refractivity (Wildman–Crippen MR) is 153 cm³/mol. The third-order valence-corrected chi connectivity index (χ3v) is 8.42. The van der Waals surface area contributed by atoms with Crippen LogP contribution in [0, 0.1) is 5.92 Å². The summed E-state index contributed by atoms with van der Waals surface area (Å²) >= 11 is 0. The van der Waals surface area contributed by atoms with E-state index in [4.69, 9.17) is 19.4 Å². The van der Waals surface area contributed by atoms with E-state index < -0.39 is 6.43 Å². The summed E-state index contributed by atoms with van der Waals surface area (Å²) in [5, 5.41) is 3.46. The number of ether oxygens (including phenoxy) is 2. The van der Waals surface area contributed by atoms with Crippen LogP contribution in [-0.2, 0) is 9.47 Å². The summed E-state index contributed by atoms with van der Waals surface area (Å²) in [6, 6.07) is 9.99. The summed E-state index contributed by atoms with van der Waals surface area (Å²) in [7, 11) is 3.94. The molecule has 0 amide bonds. The lowest BCUT2D eigenvalue weighted by Gasteiger charge is -2.37. The maximum Gasteiger partial charge on any atom is 0.296 e. The molecular weight excluding hydrogens is 516 g/mol. The predicted octanol–water partition coefficient (Wildman–Crippen LogP) is 4.92. The van der Waals surface area contributed by atoms with E-state index in [1.807, 2.05) is 6.07 Å². The Kier molecular flexibility index (Phi) is 9.12. The molecule has 3 heterocycles. The standard InChI is InChI=1S/C29H41F2N7O2/c1-19(17-39-4)36(3)22-11-9-21(10-12-22)16-32-29-34-25(37-13-14-40-18-20(37)2)15-26(35-29)38-24-8-6-5-7-23(24)33-28(38)27(30)31/h5-8,15,19-22,27H,9-14,16-18H2,1-4H3,(H,32,34,35)/t19?,20-,21-,22-/m0/s1. The quantitative estimate of drug-likeness (QED) is 0.377. The number of anilines is 2. The van der Waals surface area contributed by atoms with Gasteiger partial charge in [-0.25, -0.2) is 13.8 Å². The smallest absolute Gasteiger partial charge is 0.296 e. The van der Waals surface area contributed by atoms with E-state index in [2.05, 4.69) is 41.0 Å². The Bertz CT molecular complexity index is 1260. The number of likely N-dealkylation sites (N-methyl/N-ethyl adjacent to an activating group) is 1. The third kappa shape index (κ3) is 6.21. The Morgan fingerprint density at radius 3 is 2.60 bits per heavy atom. The van der Waals surface area contributed by atoms with Crippen LogP contribution in [0.3, 0.4) is 0 Å². The Morgan fingerprint density at radius 2 is 1.88 bits per heavy atom. The average molecular weight is 558 g/mol. The van der Waals surface area contributed by atoms with Crippen molar-refractivity contribution in [3.8, 4) is 5.82 Å². The topological polar surface area (TPSA) is 80.6 Å². The zero-order valence-corrected chi connectivity index (χ0v) is 23.9. The van der Waals surface area contributed by atoms with Gasteiger partial charge in [-0.3, -0.25) is 9.47 Å². The van der Waals surface area contributed by atoms with Gasteiger partial charge in [0.1, 0.15) is 11.6 Å². The van der Waals surface area contributed by atoms with Gasteiger partial charge in [0.05, 0.1) is 36.9 Å². The molecule has 218 valence electrons. The number of alkyl halides is 2. The molecule has 0 spiro atoms. The Labute approximate surface area is 234 Å². The maximum atomic E-state index is 14.2. The molecule has 40 heavy (non-hydrogen) atoms. The number of methoxy groups -OCH3 is 1. The number of hydrogen-bond donors (Lipinski definition) is 1. The van der Waals surface area contributed by atoms with E-state index in [0.29, 0.717) is 66.4 Å². The highest BCUT2D eigenvalue weighted by Crippen LogP contribution is 2.31. The minimum Gasteiger partial charge on any atom is -0.383 e. The van der Waals surface area contributed by atoms with Gasteiger partial charge in [0.2, 0.25) is 5.95 Å². The van der Waals surface area contributed by atoms with Crippen LogP contribution in [0.1, 0.15) is 51.8 Å². The van der Waals surface area contributed by atoms with Crippen molar-refractivity contribution in [3.05, 3.63) is 36.2 Å². The van der Waals surface area contributed by atoms with Gasteiger partial charge in [0.15, 0.2) is 5.82 Å². The molecule has 11 heteroatoms. The van der Waals surface area contributed by atoms with E-state index in [9.17, 15) is 8.78 Å². The monoisotopic (exact) mass is 557 g/mol. The molecule has 1 aliphatic heterocycles. The van der Waals surface area contributed by atoms with E-state index in [1.165, 1.54) is 4.57 Å². The molecule has 0 radical (unpaired) electrons. The lowest BCUT2D eigenvalue weighted by atomic mass is 9.85. The van der Waals surface area contributed by atoms with Crippen molar-refractivity contribution in [1.82, 2.24) is 24.4 Å². The lowest BCUT2D eigenvalue weighted by molar-refractivity contribution is 0.0696. The number of rotatable bonds is 10. The molecule has 1 saturated carbocycles. The number of benzene rings is 1. The second-order valence-corrected chi connectivity index (χ2v) is 11.1. The zero-order chi connectivity index (χ0) is 28.2. The van der Waals surface area contributed by atoms with Crippen molar-refractivity contribution in [2.45, 2.75) is 64.1 Å². The van der Waals surface area contributed by atoms with Gasteiger partial charge in [0, 0.05) is 38.3 Å². The molecule has 1 saturated heterocycles. The molecular formula is C29H41F2N7O2. The van der Waals surface area contributed by atoms with E-state index in [-0.39, 0.29) is 11.9 Å². The van der Waals surface area contributed by atoms with Crippen LogP contribution in [0.2, 0.25) is 0 Å². The number of para-hydroxylation sites is 2. The number of hydrogen-bond acceptors (Lipinski definition) is 8. The zero-order valence-electron chi connectivity index (χ0n) is 23.9. The van der Waals surface area contributed by atoms with Gasteiger partial charge < -0.3 is 19.7 Å². The van der Waals surface area contributed by atoms with E-state index in [0.717, 1.165) is 38.8 Å². The fraction of sp³-hybridized carbons (Fsp3) is 0.621. The van der Waals surface area contributed by atoms with Gasteiger partial charge in [-0.05, 0) is 64.6 Å². The Balaban J connectivity index is 1.39. The Morgan fingerprint density at radius 1 is 1.12 bits per heavy atom. The molecule has 2 atom stereocenters. The fourth-order valence-corrected chi connectivity index (χ4v) is 5.97. The number of nitrogens with one attached hydrogen (secondary N) is 1. The van der Waals surface area contributed by atoms with Gasteiger partial charge in [-0.15, -0.1) is 0 Å². The molecule has 2 aromatic heterocycles. The number of imidazole rings is 1. The molecule has 3 aromatic rings. The third-order valence-electron chi connectivity index (χ3n) is 8.42. The van der Waals surface area contributed by atoms with Crippen molar-refractivity contribution in [2.24, 2.45) is 5.92 Å². The summed E-state index contributed by atoms with van der Waals surface area (Å²) in [6.45, 7) is 7.59. The van der Waals surface area contributed by atoms with Crippen LogP contribution in [-0.4, -0.2) is 89.6 Å². The summed E-state index contributed by atoms with van der Waals surface area (Å²) in [5.41, 5.74) is 1.10. The molecule has 1 aliphatic carbocycles. The molecule has 2 aliphatic rings. The first kappa shape index (κ1) is 28.6. The number of nitrogens with zero attached hydrogens (tertiary/aromatic N) is 6. The van der Waals surface area contributed by atoms with Gasteiger partial charge in [-0.1, -0.05) is 12.1 Å². The summed E-state index contributed by atoms with van der Waals surface area (Å²) in [6.07, 6.45) is 1.73. The highest BCUT2D eigenvalue weighted by molar-refractivity contribution is 5.78. The number of halogens is 2. The number of morpholine rings is 1. The molecule has 9 nitrogen and oxygen atoms in total. The van der Waals surface area contributed by atoms with E-state index >= 15 is 0 Å². The first-order chi connectivity index (χ1) is 19.4. The van der Waals surface area contributed by atoms with Crippen molar-refractivity contribution >= 4 is 22.8 Å². The highest BCUT2D eigenvalue weighted by atomic mass is 19.3. The van der Waals surface area contributed by atoms with Crippen LogP contribution in [0.25, 0.3) is 16.9 Å². The molecule has 0 bridgehead atoms. The van der Waals surface area contributed by atoms with Crippen LogP contribution >= 0.6 is 0 Å². The largest absolute Gasteiger partial charge is 0.383 e. The van der Waals surface area contributed by atoms with Gasteiger partial charge in [0.25, 0.3) is 6.43 Å². The number of fused-ring (bicyclic) bond motifs is 1. The van der Waals surface area contributed by atoms with Gasteiger partial charge in [-0.2, -0.15) is 9.97 Å². The summed E-state index contributed by atoms with van der Waals surface area (Å²) in [5.74, 6) is 1.69. The minimum atomic E-state index is -2.75.